The number of nitrogens with two attached hydrogens (primary N) is 1. The third-order valence-corrected chi connectivity index (χ3v) is 2.01. The van der Waals surface area contributed by atoms with Crippen LogP contribution in [0.3, 0.4) is 0 Å². The largest absolute Gasteiger partial charge is 0.363 e. The first-order valence-electron chi connectivity index (χ1n) is 4.37. The van der Waals surface area contributed by atoms with Gasteiger partial charge in [-0.05, 0) is 18.6 Å². The predicted molar refractivity (Wildman–Crippen MR) is 53.0 cm³/mol. The van der Waals surface area contributed by atoms with Gasteiger partial charge in [0.25, 0.3) is 5.91 Å². The summed E-state index contributed by atoms with van der Waals surface area (Å²) in [5, 5.41) is 3.73. The summed E-state index contributed by atoms with van der Waals surface area (Å²) < 4.78 is 4.77. The van der Waals surface area contributed by atoms with Gasteiger partial charge in [-0.2, -0.15) is 0 Å². The summed E-state index contributed by atoms with van der Waals surface area (Å²) in [6.07, 6.45) is 1.65. The van der Waals surface area contributed by atoms with Crippen molar-refractivity contribution in [2.45, 2.75) is 6.92 Å². The zero-order valence-corrected chi connectivity index (χ0v) is 8.10. The number of hydrogen-bond acceptors (Lipinski definition) is 4. The van der Waals surface area contributed by atoms with Crippen LogP contribution in [0.4, 0.5) is 0 Å². The van der Waals surface area contributed by atoms with Crippen molar-refractivity contribution in [3.05, 3.63) is 35.7 Å². The van der Waals surface area contributed by atoms with Gasteiger partial charge in [0.2, 0.25) is 5.76 Å². The quantitative estimate of drug-likeness (QED) is 0.793. The van der Waals surface area contributed by atoms with Gasteiger partial charge in [0, 0.05) is 12.3 Å². The lowest BCUT2D eigenvalue weighted by molar-refractivity contribution is 0.0965. The highest BCUT2D eigenvalue weighted by molar-refractivity contribution is 5.90. The maximum Gasteiger partial charge on any atom is 0.287 e. The smallest absolute Gasteiger partial charge is 0.287 e. The highest BCUT2D eigenvalue weighted by Gasteiger charge is 2.12. The maximum absolute atomic E-state index is 10.8. The van der Waals surface area contributed by atoms with Crippen molar-refractivity contribution in [1.29, 1.82) is 0 Å². The van der Waals surface area contributed by atoms with Crippen LogP contribution in [0.2, 0.25) is 0 Å². The van der Waals surface area contributed by atoms with Crippen molar-refractivity contribution in [1.82, 2.24) is 10.1 Å². The molecule has 0 fully saturated rings. The fourth-order valence-electron chi connectivity index (χ4n) is 1.26. The van der Waals surface area contributed by atoms with E-state index in [0.29, 0.717) is 11.4 Å². The number of nitrogens with zero attached hydrogens (tertiary/aromatic N) is 2. The molecule has 0 aliphatic carbocycles. The molecule has 0 aliphatic rings. The van der Waals surface area contributed by atoms with Gasteiger partial charge < -0.3 is 10.3 Å². The summed E-state index contributed by atoms with van der Waals surface area (Å²) >= 11 is 0. The van der Waals surface area contributed by atoms with E-state index in [4.69, 9.17) is 10.3 Å². The van der Waals surface area contributed by atoms with E-state index in [1.165, 1.54) is 6.07 Å². The highest BCUT2D eigenvalue weighted by Crippen LogP contribution is 2.19. The first kappa shape index (κ1) is 9.39. The van der Waals surface area contributed by atoms with E-state index in [-0.39, 0.29) is 5.76 Å². The zero-order chi connectivity index (χ0) is 10.8. The Hall–Kier alpha value is -2.17. The Bertz CT molecular complexity index is 505. The van der Waals surface area contributed by atoms with E-state index < -0.39 is 5.91 Å². The fourth-order valence-corrected chi connectivity index (χ4v) is 1.26. The lowest BCUT2D eigenvalue weighted by Crippen LogP contribution is -2.09. The molecule has 76 valence electrons. The Balaban J connectivity index is 2.46. The zero-order valence-electron chi connectivity index (χ0n) is 8.10. The SMILES string of the molecule is Cc1cccnc1-c1cc(C(N)=O)on1. The minimum atomic E-state index is -0.637. The Morgan fingerprint density at radius 3 is 2.93 bits per heavy atom. The lowest BCUT2D eigenvalue weighted by Gasteiger charge is -1.97. The van der Waals surface area contributed by atoms with Crippen molar-refractivity contribution < 1.29 is 9.32 Å². The molecule has 0 atom stereocenters. The molecule has 5 nitrogen and oxygen atoms in total. The molecule has 2 N–H and O–H groups in total. The van der Waals surface area contributed by atoms with Crippen LogP contribution in [0.5, 0.6) is 0 Å². The van der Waals surface area contributed by atoms with Crippen molar-refractivity contribution >= 4 is 5.91 Å². The van der Waals surface area contributed by atoms with Gasteiger partial charge >= 0.3 is 0 Å². The van der Waals surface area contributed by atoms with E-state index in [0.717, 1.165) is 5.56 Å². The Morgan fingerprint density at radius 2 is 2.33 bits per heavy atom. The Kier molecular flexibility index (Phi) is 2.21. The fraction of sp³-hybridized carbons (Fsp3) is 0.100. The van der Waals surface area contributed by atoms with Crippen molar-refractivity contribution in [2.24, 2.45) is 5.73 Å². The monoisotopic (exact) mass is 203 g/mol. The molecule has 0 aromatic carbocycles. The molecule has 15 heavy (non-hydrogen) atoms. The van der Waals surface area contributed by atoms with Crippen molar-refractivity contribution in [2.75, 3.05) is 0 Å². The molecule has 0 bridgehead atoms. The summed E-state index contributed by atoms with van der Waals surface area (Å²) in [7, 11) is 0. The van der Waals surface area contributed by atoms with Crippen LogP contribution in [0.1, 0.15) is 16.1 Å². The van der Waals surface area contributed by atoms with Crippen LogP contribution in [0.25, 0.3) is 11.4 Å². The Morgan fingerprint density at radius 1 is 1.53 bits per heavy atom. The lowest BCUT2D eigenvalue weighted by atomic mass is 10.1. The molecule has 2 rings (SSSR count). The van der Waals surface area contributed by atoms with E-state index >= 15 is 0 Å². The van der Waals surface area contributed by atoms with Gasteiger partial charge in [-0.25, -0.2) is 0 Å². The molecule has 2 aromatic heterocycles. The summed E-state index contributed by atoms with van der Waals surface area (Å²) in [6, 6.07) is 5.21. The molecule has 0 unspecified atom stereocenters. The standard InChI is InChI=1S/C10H9N3O2/c1-6-3-2-4-12-9(6)7-5-8(10(11)14)15-13-7/h2-5H,1H3,(H2,11,14). The molecule has 0 aliphatic heterocycles. The van der Waals surface area contributed by atoms with E-state index in [9.17, 15) is 4.79 Å². The van der Waals surface area contributed by atoms with E-state index in [1.54, 1.807) is 6.20 Å². The number of aromatic nitrogens is 2. The minimum Gasteiger partial charge on any atom is -0.363 e. The highest BCUT2D eigenvalue weighted by atomic mass is 16.5. The molecule has 5 heteroatoms. The van der Waals surface area contributed by atoms with Crippen LogP contribution in [-0.2, 0) is 0 Å². The van der Waals surface area contributed by atoms with Crippen LogP contribution >= 0.6 is 0 Å². The van der Waals surface area contributed by atoms with Crippen molar-refractivity contribution in [3.8, 4) is 11.4 Å². The molecule has 0 radical (unpaired) electrons. The summed E-state index contributed by atoms with van der Waals surface area (Å²) in [4.78, 5) is 14.9. The number of amides is 1. The molecule has 2 heterocycles. The van der Waals surface area contributed by atoms with Gasteiger partial charge in [-0.15, -0.1) is 0 Å². The molecular formula is C10H9N3O2. The second kappa shape index (κ2) is 3.53. The van der Waals surface area contributed by atoms with Crippen LogP contribution in [-0.4, -0.2) is 16.0 Å². The molecule has 1 amide bonds. The average Bonchev–Trinajstić information content (AvgIpc) is 2.67. The van der Waals surface area contributed by atoms with Gasteiger partial charge in [-0.1, -0.05) is 11.2 Å². The number of pyridine rings is 1. The van der Waals surface area contributed by atoms with E-state index in [2.05, 4.69) is 10.1 Å². The molecular weight excluding hydrogens is 194 g/mol. The number of hydrogen-bond donors (Lipinski definition) is 1. The van der Waals surface area contributed by atoms with Crippen LogP contribution in [0, 0.1) is 6.92 Å². The third kappa shape index (κ3) is 1.71. The second-order valence-electron chi connectivity index (χ2n) is 3.11. The molecule has 0 spiro atoms. The third-order valence-electron chi connectivity index (χ3n) is 2.01. The van der Waals surface area contributed by atoms with Crippen molar-refractivity contribution in [3.63, 3.8) is 0 Å². The summed E-state index contributed by atoms with van der Waals surface area (Å²) in [6.45, 7) is 1.90. The maximum atomic E-state index is 10.8. The molecule has 2 aromatic rings. The molecule has 0 saturated carbocycles. The topological polar surface area (TPSA) is 82.0 Å². The minimum absolute atomic E-state index is 0.0371. The molecule has 0 saturated heterocycles. The Labute approximate surface area is 85.9 Å². The first-order valence-corrected chi connectivity index (χ1v) is 4.37. The van der Waals surface area contributed by atoms with Gasteiger partial charge in [0.1, 0.15) is 5.69 Å². The summed E-state index contributed by atoms with van der Waals surface area (Å²) in [5.74, 6) is -0.600. The number of carbonyl (C=O) groups excluding carboxylic acids is 1. The predicted octanol–water partition coefficient (Wildman–Crippen LogP) is 1.14. The number of rotatable bonds is 2. The van der Waals surface area contributed by atoms with Crippen LogP contribution < -0.4 is 5.73 Å². The van der Waals surface area contributed by atoms with Gasteiger partial charge in [-0.3, -0.25) is 9.78 Å². The van der Waals surface area contributed by atoms with Gasteiger partial charge in [0.15, 0.2) is 0 Å². The number of aryl methyl sites for hydroxylation is 1. The second-order valence-corrected chi connectivity index (χ2v) is 3.11. The van der Waals surface area contributed by atoms with Gasteiger partial charge in [0.05, 0.1) is 5.69 Å². The number of carbonyl (C=O) groups is 1. The number of primary amides is 1. The first-order chi connectivity index (χ1) is 7.18. The van der Waals surface area contributed by atoms with E-state index in [1.807, 2.05) is 19.1 Å². The summed E-state index contributed by atoms with van der Waals surface area (Å²) in [5.41, 5.74) is 7.21. The average molecular weight is 203 g/mol. The van der Waals surface area contributed by atoms with Crippen LogP contribution in [0.15, 0.2) is 28.9 Å². The normalized spacial score (nSPS) is 10.2.